The Kier molecular flexibility index (Phi) is 4.08. The normalized spacial score (nSPS) is 27.1. The standard InChI is InChI=1S/C15H21BrN4/c1-10-4-3-5-13(11(10)2)17-6-12-7-19-15-8-18-14(16)9-20(12)15/h7-11,13,17H,3-6H2,1-2H3. The largest absolute Gasteiger partial charge is 0.308 e. The molecule has 2 aromatic heterocycles. The lowest BCUT2D eigenvalue weighted by Crippen LogP contribution is -2.40. The Hall–Kier alpha value is -0.940. The molecule has 2 aromatic rings. The number of nitrogens with one attached hydrogen (secondary N) is 1. The van der Waals surface area contributed by atoms with E-state index in [0.717, 1.165) is 28.6 Å². The highest BCUT2D eigenvalue weighted by molar-refractivity contribution is 9.10. The monoisotopic (exact) mass is 336 g/mol. The van der Waals surface area contributed by atoms with Crippen molar-refractivity contribution in [3.63, 3.8) is 0 Å². The van der Waals surface area contributed by atoms with Crippen LogP contribution in [0, 0.1) is 11.8 Å². The van der Waals surface area contributed by atoms with Crippen molar-refractivity contribution in [1.82, 2.24) is 19.7 Å². The van der Waals surface area contributed by atoms with Crippen molar-refractivity contribution in [2.45, 2.75) is 45.7 Å². The van der Waals surface area contributed by atoms with Crippen molar-refractivity contribution in [1.29, 1.82) is 0 Å². The molecule has 1 saturated carbocycles. The summed E-state index contributed by atoms with van der Waals surface area (Å²) in [5.74, 6) is 1.57. The fourth-order valence-corrected chi connectivity index (χ4v) is 3.46. The van der Waals surface area contributed by atoms with Crippen LogP contribution in [0.1, 0.15) is 38.8 Å². The van der Waals surface area contributed by atoms with E-state index in [1.807, 2.05) is 12.4 Å². The number of nitrogens with zero attached hydrogens (tertiary/aromatic N) is 3. The number of aromatic nitrogens is 3. The Labute approximate surface area is 128 Å². The maximum absolute atomic E-state index is 4.40. The second-order valence-corrected chi connectivity index (χ2v) is 6.75. The van der Waals surface area contributed by atoms with Gasteiger partial charge in [-0.2, -0.15) is 0 Å². The van der Waals surface area contributed by atoms with Crippen LogP contribution in [-0.2, 0) is 6.54 Å². The van der Waals surface area contributed by atoms with Gasteiger partial charge >= 0.3 is 0 Å². The average molecular weight is 337 g/mol. The predicted octanol–water partition coefficient (Wildman–Crippen LogP) is 3.41. The minimum absolute atomic E-state index is 0.620. The molecule has 3 rings (SSSR count). The van der Waals surface area contributed by atoms with Crippen LogP contribution in [0.3, 0.4) is 0 Å². The maximum atomic E-state index is 4.40. The van der Waals surface area contributed by atoms with Gasteiger partial charge in [0.2, 0.25) is 0 Å². The summed E-state index contributed by atoms with van der Waals surface area (Å²) in [6.45, 7) is 5.60. The van der Waals surface area contributed by atoms with Crippen LogP contribution < -0.4 is 5.32 Å². The van der Waals surface area contributed by atoms with Gasteiger partial charge in [-0.25, -0.2) is 9.97 Å². The van der Waals surface area contributed by atoms with Gasteiger partial charge in [0, 0.05) is 18.8 Å². The van der Waals surface area contributed by atoms with Gasteiger partial charge in [-0.05, 0) is 34.2 Å². The fraction of sp³-hybridized carbons (Fsp3) is 0.600. The highest BCUT2D eigenvalue weighted by atomic mass is 79.9. The Bertz CT molecular complexity index is 595. The van der Waals surface area contributed by atoms with Crippen molar-refractivity contribution in [3.05, 3.63) is 28.9 Å². The summed E-state index contributed by atoms with van der Waals surface area (Å²) in [5.41, 5.74) is 2.09. The van der Waals surface area contributed by atoms with Crippen LogP contribution in [-0.4, -0.2) is 20.4 Å². The topological polar surface area (TPSA) is 42.2 Å². The summed E-state index contributed by atoms with van der Waals surface area (Å²) in [7, 11) is 0. The zero-order valence-electron chi connectivity index (χ0n) is 12.0. The molecule has 108 valence electrons. The Morgan fingerprint density at radius 2 is 2.15 bits per heavy atom. The van der Waals surface area contributed by atoms with Crippen molar-refractivity contribution in [3.8, 4) is 0 Å². The molecular formula is C15H21BrN4. The van der Waals surface area contributed by atoms with Crippen molar-refractivity contribution < 1.29 is 0 Å². The number of fused-ring (bicyclic) bond motifs is 1. The van der Waals surface area contributed by atoms with Crippen LogP contribution in [0.4, 0.5) is 0 Å². The van der Waals surface area contributed by atoms with E-state index < -0.39 is 0 Å². The van der Waals surface area contributed by atoms with Crippen molar-refractivity contribution in [2.75, 3.05) is 0 Å². The molecule has 1 N–H and O–H groups in total. The van der Waals surface area contributed by atoms with Crippen LogP contribution in [0.5, 0.6) is 0 Å². The lowest BCUT2D eigenvalue weighted by molar-refractivity contribution is 0.205. The molecule has 2 heterocycles. The molecule has 20 heavy (non-hydrogen) atoms. The van der Waals surface area contributed by atoms with E-state index >= 15 is 0 Å². The molecule has 5 heteroatoms. The van der Waals surface area contributed by atoms with Gasteiger partial charge in [-0.15, -0.1) is 0 Å². The predicted molar refractivity (Wildman–Crippen MR) is 83.5 cm³/mol. The first kappa shape index (κ1) is 14.0. The average Bonchev–Trinajstić information content (AvgIpc) is 2.83. The van der Waals surface area contributed by atoms with Gasteiger partial charge < -0.3 is 5.32 Å². The first-order chi connectivity index (χ1) is 9.65. The summed E-state index contributed by atoms with van der Waals surface area (Å²) in [5, 5.41) is 3.72. The number of halogens is 1. The Morgan fingerprint density at radius 3 is 3.00 bits per heavy atom. The molecule has 1 aliphatic carbocycles. The maximum Gasteiger partial charge on any atom is 0.155 e. The minimum atomic E-state index is 0.620. The summed E-state index contributed by atoms with van der Waals surface area (Å²) in [6.07, 6.45) is 9.70. The van der Waals surface area contributed by atoms with Crippen LogP contribution in [0.15, 0.2) is 23.2 Å². The second kappa shape index (κ2) is 5.82. The zero-order chi connectivity index (χ0) is 14.1. The molecule has 0 radical (unpaired) electrons. The van der Waals surface area contributed by atoms with Crippen molar-refractivity contribution >= 4 is 21.6 Å². The van der Waals surface area contributed by atoms with E-state index in [1.165, 1.54) is 25.0 Å². The summed E-state index contributed by atoms with van der Waals surface area (Å²) < 4.78 is 2.94. The van der Waals surface area contributed by atoms with Gasteiger partial charge in [0.15, 0.2) is 5.65 Å². The summed E-state index contributed by atoms with van der Waals surface area (Å²) >= 11 is 3.42. The van der Waals surface area contributed by atoms with E-state index in [-0.39, 0.29) is 0 Å². The molecule has 4 nitrogen and oxygen atoms in total. The van der Waals surface area contributed by atoms with E-state index in [2.05, 4.69) is 49.5 Å². The Morgan fingerprint density at radius 1 is 1.30 bits per heavy atom. The molecule has 0 spiro atoms. The molecule has 3 unspecified atom stereocenters. The highest BCUT2D eigenvalue weighted by Gasteiger charge is 2.26. The lowest BCUT2D eigenvalue weighted by Gasteiger charge is -2.34. The third-order valence-corrected chi connectivity index (χ3v) is 5.10. The molecule has 0 aromatic carbocycles. The first-order valence-electron chi connectivity index (χ1n) is 7.36. The number of rotatable bonds is 3. The third-order valence-electron chi connectivity index (χ3n) is 4.69. The van der Waals surface area contributed by atoms with E-state index in [4.69, 9.17) is 0 Å². The SMILES string of the molecule is CC1CCCC(NCc2cnc3cnc(Br)cn23)C1C. The van der Waals surface area contributed by atoms with Crippen LogP contribution in [0.25, 0.3) is 5.65 Å². The highest BCUT2D eigenvalue weighted by Crippen LogP contribution is 2.29. The fourth-order valence-electron chi connectivity index (χ4n) is 3.15. The van der Waals surface area contributed by atoms with Crippen LogP contribution >= 0.6 is 15.9 Å². The summed E-state index contributed by atoms with van der Waals surface area (Å²) in [6, 6.07) is 0.620. The van der Waals surface area contributed by atoms with Crippen LogP contribution in [0.2, 0.25) is 0 Å². The molecule has 3 atom stereocenters. The number of imidazole rings is 1. The van der Waals surface area contributed by atoms with Gasteiger partial charge in [0.05, 0.1) is 18.1 Å². The van der Waals surface area contributed by atoms with E-state index in [9.17, 15) is 0 Å². The molecule has 0 saturated heterocycles. The number of hydrogen-bond donors (Lipinski definition) is 1. The molecule has 0 amide bonds. The smallest absolute Gasteiger partial charge is 0.155 e. The molecule has 0 bridgehead atoms. The quantitative estimate of drug-likeness (QED) is 0.933. The van der Waals surface area contributed by atoms with Crippen molar-refractivity contribution in [2.24, 2.45) is 11.8 Å². The minimum Gasteiger partial charge on any atom is -0.308 e. The first-order valence-corrected chi connectivity index (χ1v) is 8.15. The Balaban J connectivity index is 1.72. The molecule has 0 aliphatic heterocycles. The van der Waals surface area contributed by atoms with E-state index in [1.54, 1.807) is 6.20 Å². The number of hydrogen-bond acceptors (Lipinski definition) is 3. The van der Waals surface area contributed by atoms with Gasteiger partial charge in [-0.1, -0.05) is 26.7 Å². The lowest BCUT2D eigenvalue weighted by atomic mass is 9.78. The van der Waals surface area contributed by atoms with Gasteiger partial charge in [0.25, 0.3) is 0 Å². The zero-order valence-corrected chi connectivity index (χ0v) is 13.6. The van der Waals surface area contributed by atoms with Gasteiger partial charge in [0.1, 0.15) is 4.60 Å². The molecular weight excluding hydrogens is 316 g/mol. The van der Waals surface area contributed by atoms with Gasteiger partial charge in [-0.3, -0.25) is 4.40 Å². The molecule has 1 aliphatic rings. The molecule has 1 fully saturated rings. The summed E-state index contributed by atoms with van der Waals surface area (Å²) in [4.78, 5) is 8.60. The van der Waals surface area contributed by atoms with E-state index in [0.29, 0.717) is 6.04 Å². The third kappa shape index (κ3) is 2.74. The second-order valence-electron chi connectivity index (χ2n) is 5.94.